The number of halogens is 1. The molecule has 0 aliphatic rings. The van der Waals surface area contributed by atoms with Crippen LogP contribution in [0.1, 0.15) is 33.6 Å². The summed E-state index contributed by atoms with van der Waals surface area (Å²) in [6.45, 7) is 10.7. The fraction of sp³-hybridized carbons (Fsp3) is 0.600. The summed E-state index contributed by atoms with van der Waals surface area (Å²) in [6.07, 6.45) is 1.46. The van der Waals surface area contributed by atoms with Gasteiger partial charge in [-0.3, -0.25) is 9.79 Å². The number of hydrogen-bond donors (Lipinski definition) is 2. The second-order valence-electron chi connectivity index (χ2n) is 6.11. The minimum atomic E-state index is 0. The number of aliphatic imine (C=N–C) groups is 1. The van der Waals surface area contributed by atoms with Crippen LogP contribution in [-0.2, 0) is 4.79 Å². The van der Waals surface area contributed by atoms with Crippen molar-refractivity contribution in [2.45, 2.75) is 33.6 Å². The van der Waals surface area contributed by atoms with E-state index in [1.165, 1.54) is 5.69 Å². The van der Waals surface area contributed by atoms with Crippen LogP contribution in [0.2, 0.25) is 0 Å². The van der Waals surface area contributed by atoms with Crippen LogP contribution < -0.4 is 15.5 Å². The number of para-hydroxylation sites is 1. The van der Waals surface area contributed by atoms with Gasteiger partial charge in [-0.2, -0.15) is 0 Å². The Hall–Kier alpha value is -1.51. The van der Waals surface area contributed by atoms with Gasteiger partial charge >= 0.3 is 0 Å². The number of nitrogens with one attached hydrogen (secondary N) is 2. The third-order valence-corrected chi connectivity index (χ3v) is 4.21. The van der Waals surface area contributed by atoms with Crippen LogP contribution in [0.25, 0.3) is 0 Å². The summed E-state index contributed by atoms with van der Waals surface area (Å²) in [5.41, 5.74) is 1.22. The van der Waals surface area contributed by atoms with Crippen molar-refractivity contribution in [3.63, 3.8) is 0 Å². The van der Waals surface area contributed by atoms with E-state index in [1.807, 2.05) is 31.7 Å². The first-order valence-corrected chi connectivity index (χ1v) is 9.68. The first-order chi connectivity index (χ1) is 12.6. The fourth-order valence-corrected chi connectivity index (χ4v) is 2.67. The van der Waals surface area contributed by atoms with Crippen LogP contribution in [0.5, 0.6) is 0 Å². The highest BCUT2D eigenvalue weighted by Crippen LogP contribution is 2.10. The molecule has 27 heavy (non-hydrogen) atoms. The summed E-state index contributed by atoms with van der Waals surface area (Å²) < 4.78 is 0. The van der Waals surface area contributed by atoms with Crippen LogP contribution in [0, 0.1) is 0 Å². The van der Waals surface area contributed by atoms with Gasteiger partial charge in [0.25, 0.3) is 0 Å². The molecule has 1 rings (SSSR count). The van der Waals surface area contributed by atoms with Gasteiger partial charge in [0.05, 0.1) is 0 Å². The molecule has 0 aliphatic carbocycles. The van der Waals surface area contributed by atoms with Crippen molar-refractivity contribution < 1.29 is 4.79 Å². The molecule has 7 heteroatoms. The lowest BCUT2D eigenvalue weighted by atomic mass is 10.3. The Morgan fingerprint density at radius 3 is 2.33 bits per heavy atom. The summed E-state index contributed by atoms with van der Waals surface area (Å²) >= 11 is 0. The van der Waals surface area contributed by atoms with Crippen LogP contribution in [0.15, 0.2) is 35.3 Å². The Morgan fingerprint density at radius 1 is 1.07 bits per heavy atom. The molecule has 1 aromatic carbocycles. The number of guanidine groups is 1. The molecule has 0 bridgehead atoms. The van der Waals surface area contributed by atoms with Crippen molar-refractivity contribution in [3.8, 4) is 0 Å². The van der Waals surface area contributed by atoms with E-state index in [0.29, 0.717) is 13.0 Å². The molecule has 0 fully saturated rings. The first kappa shape index (κ1) is 25.5. The molecule has 0 aromatic heterocycles. The van der Waals surface area contributed by atoms with E-state index in [1.54, 1.807) is 0 Å². The second-order valence-corrected chi connectivity index (χ2v) is 6.11. The van der Waals surface area contributed by atoms with Crippen molar-refractivity contribution in [3.05, 3.63) is 30.3 Å². The van der Waals surface area contributed by atoms with Gasteiger partial charge in [0.2, 0.25) is 5.91 Å². The standard InChI is InChI=1S/C20H35N5O.HI/c1-5-21-20(23-16-14-19(26)25(6-2)7-3)22-15-11-17-24(4)18-12-9-8-10-13-18;/h8-10,12-13H,5-7,11,14-17H2,1-4H3,(H2,21,22,23);1H. The van der Waals surface area contributed by atoms with Gasteiger partial charge < -0.3 is 20.4 Å². The normalized spacial score (nSPS) is 10.7. The molecule has 0 aliphatic heterocycles. The zero-order valence-corrected chi connectivity index (χ0v) is 19.5. The molecule has 0 saturated heterocycles. The lowest BCUT2D eigenvalue weighted by molar-refractivity contribution is -0.130. The smallest absolute Gasteiger partial charge is 0.224 e. The number of amides is 1. The van der Waals surface area contributed by atoms with Crippen molar-refractivity contribution in [1.29, 1.82) is 0 Å². The van der Waals surface area contributed by atoms with Gasteiger partial charge in [-0.05, 0) is 39.3 Å². The maximum absolute atomic E-state index is 12.0. The SMILES string of the molecule is CCNC(=NCCCN(C)c1ccccc1)NCCC(=O)N(CC)CC.I. The van der Waals surface area contributed by atoms with Crippen LogP contribution in [0.3, 0.4) is 0 Å². The second kappa shape index (κ2) is 15.5. The Balaban J connectivity index is 0.00000676. The zero-order chi connectivity index (χ0) is 19.2. The molecular formula is C20H36IN5O. The summed E-state index contributed by atoms with van der Waals surface area (Å²) in [5, 5.41) is 6.49. The van der Waals surface area contributed by atoms with Crippen molar-refractivity contribution in [2.75, 3.05) is 51.2 Å². The zero-order valence-electron chi connectivity index (χ0n) is 17.2. The largest absolute Gasteiger partial charge is 0.375 e. The van der Waals surface area contributed by atoms with Crippen molar-refractivity contribution in [1.82, 2.24) is 15.5 Å². The number of anilines is 1. The molecule has 0 radical (unpaired) electrons. The van der Waals surface area contributed by atoms with Crippen molar-refractivity contribution >= 4 is 41.5 Å². The number of carbonyl (C=O) groups excluding carboxylic acids is 1. The van der Waals surface area contributed by atoms with Crippen molar-refractivity contribution in [2.24, 2.45) is 4.99 Å². The Kier molecular flexibility index (Phi) is 14.7. The molecule has 0 heterocycles. The number of nitrogens with zero attached hydrogens (tertiary/aromatic N) is 3. The monoisotopic (exact) mass is 489 g/mol. The van der Waals surface area contributed by atoms with Gasteiger partial charge in [0.15, 0.2) is 5.96 Å². The molecule has 154 valence electrons. The molecule has 6 nitrogen and oxygen atoms in total. The summed E-state index contributed by atoms with van der Waals surface area (Å²) in [5.74, 6) is 0.963. The van der Waals surface area contributed by atoms with Gasteiger partial charge in [0.1, 0.15) is 0 Å². The topological polar surface area (TPSA) is 60.0 Å². The molecule has 0 spiro atoms. The number of carbonyl (C=O) groups is 1. The molecular weight excluding hydrogens is 453 g/mol. The van der Waals surface area contributed by atoms with Crippen LogP contribution in [-0.4, -0.2) is 63.1 Å². The summed E-state index contributed by atoms with van der Waals surface area (Å²) in [4.78, 5) is 20.7. The van der Waals surface area contributed by atoms with Gasteiger partial charge in [0, 0.05) is 58.4 Å². The third-order valence-electron chi connectivity index (χ3n) is 4.21. The lowest BCUT2D eigenvalue weighted by Crippen LogP contribution is -2.40. The highest BCUT2D eigenvalue weighted by atomic mass is 127. The minimum Gasteiger partial charge on any atom is -0.375 e. The summed E-state index contributed by atoms with van der Waals surface area (Å²) in [6, 6.07) is 10.4. The highest BCUT2D eigenvalue weighted by Gasteiger charge is 2.09. The van der Waals surface area contributed by atoms with Gasteiger partial charge in [-0.1, -0.05) is 18.2 Å². The molecule has 0 saturated carbocycles. The first-order valence-electron chi connectivity index (χ1n) is 9.68. The van der Waals surface area contributed by atoms with E-state index >= 15 is 0 Å². The predicted octanol–water partition coefficient (Wildman–Crippen LogP) is 2.94. The number of hydrogen-bond acceptors (Lipinski definition) is 3. The van der Waals surface area contributed by atoms with E-state index in [0.717, 1.165) is 45.1 Å². The molecule has 2 N–H and O–H groups in total. The minimum absolute atomic E-state index is 0. The van der Waals surface area contributed by atoms with Gasteiger partial charge in [-0.25, -0.2) is 0 Å². The average Bonchev–Trinajstić information content (AvgIpc) is 2.66. The number of rotatable bonds is 11. The quantitative estimate of drug-likeness (QED) is 0.217. The van der Waals surface area contributed by atoms with E-state index in [4.69, 9.17) is 0 Å². The number of benzene rings is 1. The Labute approximate surface area is 181 Å². The third kappa shape index (κ3) is 10.4. The predicted molar refractivity (Wildman–Crippen MR) is 126 cm³/mol. The molecule has 1 amide bonds. The fourth-order valence-electron chi connectivity index (χ4n) is 2.67. The molecule has 0 atom stereocenters. The molecule has 0 unspecified atom stereocenters. The van der Waals surface area contributed by atoms with E-state index in [-0.39, 0.29) is 29.9 Å². The Morgan fingerprint density at radius 2 is 1.74 bits per heavy atom. The van der Waals surface area contributed by atoms with E-state index < -0.39 is 0 Å². The lowest BCUT2D eigenvalue weighted by Gasteiger charge is -2.19. The highest BCUT2D eigenvalue weighted by molar-refractivity contribution is 14.0. The van der Waals surface area contributed by atoms with E-state index in [2.05, 4.69) is 51.8 Å². The summed E-state index contributed by atoms with van der Waals surface area (Å²) in [7, 11) is 2.10. The maximum atomic E-state index is 12.0. The average molecular weight is 489 g/mol. The molecule has 1 aromatic rings. The maximum Gasteiger partial charge on any atom is 0.224 e. The van der Waals surface area contributed by atoms with Gasteiger partial charge in [-0.15, -0.1) is 24.0 Å². The van der Waals surface area contributed by atoms with Crippen LogP contribution in [0.4, 0.5) is 5.69 Å². The van der Waals surface area contributed by atoms with Crippen LogP contribution >= 0.6 is 24.0 Å². The Bertz CT molecular complexity index is 534. The van der Waals surface area contributed by atoms with E-state index in [9.17, 15) is 4.79 Å².